The Balaban J connectivity index is 1.49. The number of amides is 1. The van der Waals surface area contributed by atoms with E-state index in [0.29, 0.717) is 38.0 Å². The Morgan fingerprint density at radius 3 is 2.33 bits per heavy atom. The number of likely N-dealkylation sites (tertiary alicyclic amines) is 1. The third-order valence-electron chi connectivity index (χ3n) is 4.95. The molecule has 1 saturated heterocycles. The zero-order chi connectivity index (χ0) is 19.4. The average molecular weight is 378 g/mol. The van der Waals surface area contributed by atoms with Crippen LogP contribution in [-0.4, -0.2) is 42.1 Å². The van der Waals surface area contributed by atoms with Crippen LogP contribution in [-0.2, 0) is 5.60 Å². The second-order valence-electron chi connectivity index (χ2n) is 6.74. The largest absolute Gasteiger partial charge is 0.385 e. The predicted octanol–water partition coefficient (Wildman–Crippen LogP) is 2.82. The zero-order valence-electron chi connectivity index (χ0n) is 14.7. The molecule has 0 saturated carbocycles. The first-order valence-electron chi connectivity index (χ1n) is 8.82. The first kappa shape index (κ1) is 19.4. The van der Waals surface area contributed by atoms with Crippen LogP contribution in [0.3, 0.4) is 0 Å². The molecule has 1 aliphatic heterocycles. The fourth-order valence-electron chi connectivity index (χ4n) is 3.34. The highest BCUT2D eigenvalue weighted by atomic mass is 19.1. The van der Waals surface area contributed by atoms with Crippen LogP contribution >= 0.6 is 0 Å². The van der Waals surface area contributed by atoms with Gasteiger partial charge in [0.05, 0.1) is 5.60 Å². The summed E-state index contributed by atoms with van der Waals surface area (Å²) >= 11 is 0. The van der Waals surface area contributed by atoms with Crippen LogP contribution in [0.15, 0.2) is 42.5 Å². The molecule has 0 unspecified atom stereocenters. The van der Waals surface area contributed by atoms with E-state index >= 15 is 0 Å². The smallest absolute Gasteiger partial charge is 0.257 e. The third kappa shape index (κ3) is 4.48. The monoisotopic (exact) mass is 378 g/mol. The van der Waals surface area contributed by atoms with E-state index in [1.54, 1.807) is 12.1 Å². The molecule has 1 fully saturated rings. The van der Waals surface area contributed by atoms with Gasteiger partial charge in [0.1, 0.15) is 23.0 Å². The van der Waals surface area contributed by atoms with E-state index in [-0.39, 0.29) is 12.4 Å². The standard InChI is InChI=1S/C20H21F3N2O2/c21-15-4-1-3-14(13-15)20(27)7-10-25(11-8-20)12-9-24-19(26)18-16(22)5-2-6-17(18)23/h1-6,13,27H,7-12H2,(H,24,26). The van der Waals surface area contributed by atoms with E-state index < -0.39 is 28.7 Å². The van der Waals surface area contributed by atoms with Crippen LogP contribution in [0.5, 0.6) is 0 Å². The number of hydrogen-bond acceptors (Lipinski definition) is 3. The number of nitrogens with zero attached hydrogens (tertiary/aromatic N) is 1. The van der Waals surface area contributed by atoms with Gasteiger partial charge in [-0.05, 0) is 42.7 Å². The Morgan fingerprint density at radius 1 is 1.07 bits per heavy atom. The number of hydrogen-bond donors (Lipinski definition) is 2. The van der Waals surface area contributed by atoms with Gasteiger partial charge < -0.3 is 15.3 Å². The van der Waals surface area contributed by atoms with E-state index in [9.17, 15) is 23.1 Å². The number of benzene rings is 2. The predicted molar refractivity (Wildman–Crippen MR) is 94.7 cm³/mol. The second kappa shape index (κ2) is 8.10. The van der Waals surface area contributed by atoms with E-state index in [0.717, 1.165) is 12.1 Å². The minimum Gasteiger partial charge on any atom is -0.385 e. The minimum absolute atomic E-state index is 0.227. The van der Waals surface area contributed by atoms with Gasteiger partial charge in [-0.2, -0.15) is 0 Å². The van der Waals surface area contributed by atoms with Crippen LogP contribution in [0, 0.1) is 17.5 Å². The molecule has 1 heterocycles. The molecule has 0 aliphatic carbocycles. The van der Waals surface area contributed by atoms with E-state index in [2.05, 4.69) is 5.32 Å². The van der Waals surface area contributed by atoms with Gasteiger partial charge in [0.2, 0.25) is 0 Å². The van der Waals surface area contributed by atoms with Crippen LogP contribution in [0.2, 0.25) is 0 Å². The van der Waals surface area contributed by atoms with Crippen molar-refractivity contribution in [1.82, 2.24) is 10.2 Å². The summed E-state index contributed by atoms with van der Waals surface area (Å²) in [7, 11) is 0. The van der Waals surface area contributed by atoms with E-state index in [1.165, 1.54) is 18.2 Å². The van der Waals surface area contributed by atoms with Crippen molar-refractivity contribution in [2.24, 2.45) is 0 Å². The van der Waals surface area contributed by atoms with Gasteiger partial charge >= 0.3 is 0 Å². The summed E-state index contributed by atoms with van der Waals surface area (Å²) in [5, 5.41) is 13.3. The summed E-state index contributed by atoms with van der Waals surface area (Å²) in [5.74, 6) is -2.97. The quantitative estimate of drug-likeness (QED) is 0.841. The number of nitrogens with one attached hydrogen (secondary N) is 1. The highest BCUT2D eigenvalue weighted by Gasteiger charge is 2.34. The van der Waals surface area contributed by atoms with Crippen LogP contribution in [0.25, 0.3) is 0 Å². The molecule has 2 aromatic carbocycles. The molecule has 7 heteroatoms. The lowest BCUT2D eigenvalue weighted by Gasteiger charge is -2.38. The van der Waals surface area contributed by atoms with Crippen molar-refractivity contribution >= 4 is 5.91 Å². The lowest BCUT2D eigenvalue weighted by Crippen LogP contribution is -2.45. The van der Waals surface area contributed by atoms with Crippen molar-refractivity contribution in [3.63, 3.8) is 0 Å². The SMILES string of the molecule is O=C(NCCN1CCC(O)(c2cccc(F)c2)CC1)c1c(F)cccc1F. The topological polar surface area (TPSA) is 52.6 Å². The maximum absolute atomic E-state index is 13.6. The summed E-state index contributed by atoms with van der Waals surface area (Å²) in [5.41, 5.74) is -1.10. The van der Waals surface area contributed by atoms with Crippen molar-refractivity contribution in [2.75, 3.05) is 26.2 Å². The van der Waals surface area contributed by atoms with Crippen molar-refractivity contribution in [3.05, 3.63) is 71.0 Å². The summed E-state index contributed by atoms with van der Waals surface area (Å²) in [6, 6.07) is 9.25. The Morgan fingerprint density at radius 2 is 1.70 bits per heavy atom. The van der Waals surface area contributed by atoms with Gasteiger partial charge in [-0.1, -0.05) is 18.2 Å². The van der Waals surface area contributed by atoms with Crippen molar-refractivity contribution < 1.29 is 23.1 Å². The fraction of sp³-hybridized carbons (Fsp3) is 0.350. The summed E-state index contributed by atoms with van der Waals surface area (Å²) in [4.78, 5) is 14.0. The van der Waals surface area contributed by atoms with Gasteiger partial charge in [-0.3, -0.25) is 4.79 Å². The first-order valence-corrected chi connectivity index (χ1v) is 8.82. The Hall–Kier alpha value is -2.38. The van der Waals surface area contributed by atoms with E-state index in [4.69, 9.17) is 0 Å². The second-order valence-corrected chi connectivity index (χ2v) is 6.74. The highest BCUT2D eigenvalue weighted by Crippen LogP contribution is 2.32. The molecule has 1 aliphatic rings. The Bertz CT molecular complexity index is 800. The Labute approximate surface area is 155 Å². The number of carbonyl (C=O) groups excluding carboxylic acids is 1. The molecular formula is C20H21F3N2O2. The lowest BCUT2D eigenvalue weighted by atomic mass is 9.84. The number of carbonyl (C=O) groups is 1. The number of piperidine rings is 1. The molecule has 2 aromatic rings. The summed E-state index contributed by atoms with van der Waals surface area (Å²) in [6.45, 7) is 1.85. The number of halogens is 3. The molecule has 4 nitrogen and oxygen atoms in total. The molecule has 2 N–H and O–H groups in total. The molecular weight excluding hydrogens is 357 g/mol. The van der Waals surface area contributed by atoms with E-state index in [1.807, 2.05) is 4.90 Å². The zero-order valence-corrected chi connectivity index (χ0v) is 14.7. The molecule has 0 spiro atoms. The average Bonchev–Trinajstić information content (AvgIpc) is 2.63. The number of rotatable bonds is 5. The molecule has 1 amide bonds. The minimum atomic E-state index is -1.07. The molecule has 0 bridgehead atoms. The first-order chi connectivity index (χ1) is 12.9. The Kier molecular flexibility index (Phi) is 5.82. The van der Waals surface area contributed by atoms with Gasteiger partial charge in [-0.25, -0.2) is 13.2 Å². The normalized spacial score (nSPS) is 16.9. The molecule has 0 radical (unpaired) electrons. The molecule has 0 atom stereocenters. The molecule has 144 valence electrons. The molecule has 27 heavy (non-hydrogen) atoms. The van der Waals surface area contributed by atoms with Crippen LogP contribution in [0.4, 0.5) is 13.2 Å². The van der Waals surface area contributed by atoms with Gasteiger partial charge in [0, 0.05) is 26.2 Å². The van der Waals surface area contributed by atoms with Gasteiger partial charge in [0.15, 0.2) is 0 Å². The highest BCUT2D eigenvalue weighted by molar-refractivity contribution is 5.94. The van der Waals surface area contributed by atoms with Crippen molar-refractivity contribution in [2.45, 2.75) is 18.4 Å². The third-order valence-corrected chi connectivity index (χ3v) is 4.95. The maximum atomic E-state index is 13.6. The van der Waals surface area contributed by atoms with Gasteiger partial charge in [-0.15, -0.1) is 0 Å². The maximum Gasteiger partial charge on any atom is 0.257 e. The van der Waals surface area contributed by atoms with Crippen molar-refractivity contribution in [1.29, 1.82) is 0 Å². The number of aliphatic hydroxyl groups is 1. The summed E-state index contributed by atoms with van der Waals surface area (Å²) < 4.78 is 40.6. The van der Waals surface area contributed by atoms with Gasteiger partial charge in [0.25, 0.3) is 5.91 Å². The van der Waals surface area contributed by atoms with Crippen LogP contribution < -0.4 is 5.32 Å². The molecule has 3 rings (SSSR count). The molecule has 0 aromatic heterocycles. The lowest BCUT2D eigenvalue weighted by molar-refractivity contribution is -0.0257. The van der Waals surface area contributed by atoms with Crippen molar-refractivity contribution in [3.8, 4) is 0 Å². The summed E-state index contributed by atoms with van der Waals surface area (Å²) in [6.07, 6.45) is 0.874. The van der Waals surface area contributed by atoms with Crippen LogP contribution in [0.1, 0.15) is 28.8 Å². The fourth-order valence-corrected chi connectivity index (χ4v) is 3.34.